The first-order valence-electron chi connectivity index (χ1n) is 9.78. The summed E-state index contributed by atoms with van der Waals surface area (Å²) in [5.41, 5.74) is 2.32. The molecule has 0 aliphatic carbocycles. The summed E-state index contributed by atoms with van der Waals surface area (Å²) in [5.74, 6) is 2.99. The molecule has 2 aromatic heterocycles. The molecule has 2 aromatic carbocycles. The van der Waals surface area contributed by atoms with E-state index in [-0.39, 0.29) is 5.92 Å². The van der Waals surface area contributed by atoms with Gasteiger partial charge in [-0.1, -0.05) is 89.2 Å². The van der Waals surface area contributed by atoms with E-state index in [9.17, 15) is 0 Å². The Morgan fingerprint density at radius 3 is 2.50 bits per heavy atom. The van der Waals surface area contributed by atoms with Crippen LogP contribution in [0, 0.1) is 0 Å². The van der Waals surface area contributed by atoms with Gasteiger partial charge in [0.1, 0.15) is 0 Å². The van der Waals surface area contributed by atoms with Crippen molar-refractivity contribution in [3.63, 3.8) is 0 Å². The van der Waals surface area contributed by atoms with Crippen molar-refractivity contribution < 1.29 is 4.52 Å². The van der Waals surface area contributed by atoms with Crippen LogP contribution in [-0.4, -0.2) is 24.9 Å². The van der Waals surface area contributed by atoms with Gasteiger partial charge in [0.25, 0.3) is 0 Å². The predicted octanol–water partition coefficient (Wildman–Crippen LogP) is 5.75. The van der Waals surface area contributed by atoms with Crippen molar-refractivity contribution in [2.45, 2.75) is 43.6 Å². The highest BCUT2D eigenvalue weighted by molar-refractivity contribution is 9.10. The third-order valence-electron chi connectivity index (χ3n) is 4.59. The highest BCUT2D eigenvalue weighted by Gasteiger charge is 2.16. The van der Waals surface area contributed by atoms with E-state index in [4.69, 9.17) is 4.52 Å². The van der Waals surface area contributed by atoms with Crippen molar-refractivity contribution in [3.05, 3.63) is 76.3 Å². The summed E-state index contributed by atoms with van der Waals surface area (Å²) in [7, 11) is 0. The minimum absolute atomic E-state index is 0.217. The fourth-order valence-corrected chi connectivity index (χ4v) is 4.06. The summed E-state index contributed by atoms with van der Waals surface area (Å²) in [6.07, 6.45) is 0.898. The molecule has 0 atom stereocenters. The number of benzene rings is 2. The van der Waals surface area contributed by atoms with Gasteiger partial charge >= 0.3 is 0 Å². The van der Waals surface area contributed by atoms with Crippen LogP contribution in [0.3, 0.4) is 0 Å². The lowest BCUT2D eigenvalue weighted by Crippen LogP contribution is -2.05. The maximum atomic E-state index is 5.31. The maximum absolute atomic E-state index is 5.31. The number of aryl methyl sites for hydroxylation is 1. The van der Waals surface area contributed by atoms with E-state index in [1.807, 2.05) is 32.0 Å². The second kappa shape index (κ2) is 9.57. The SMILES string of the molecule is CC(C)c1nc(CSc2nnc(-c3ccc(Br)cc3)n2CCc2ccccc2)no1. The molecule has 0 N–H and O–H groups in total. The molecule has 4 aromatic rings. The number of rotatable bonds is 8. The average Bonchev–Trinajstić information content (AvgIpc) is 3.39. The number of aromatic nitrogens is 5. The van der Waals surface area contributed by atoms with Gasteiger partial charge in [0, 0.05) is 22.5 Å². The van der Waals surface area contributed by atoms with Crippen LogP contribution in [0.1, 0.15) is 37.0 Å². The Labute approximate surface area is 188 Å². The zero-order chi connectivity index (χ0) is 20.9. The van der Waals surface area contributed by atoms with Crippen LogP contribution < -0.4 is 0 Å². The third kappa shape index (κ3) is 4.99. The number of thioether (sulfide) groups is 1. The zero-order valence-corrected chi connectivity index (χ0v) is 19.2. The molecule has 0 spiro atoms. The van der Waals surface area contributed by atoms with E-state index in [1.54, 1.807) is 11.8 Å². The molecule has 0 fully saturated rings. The molecule has 0 aliphatic heterocycles. The van der Waals surface area contributed by atoms with E-state index in [0.29, 0.717) is 17.5 Å². The molecule has 6 nitrogen and oxygen atoms in total. The molecule has 8 heteroatoms. The normalized spacial score (nSPS) is 11.3. The van der Waals surface area contributed by atoms with Crippen LogP contribution in [0.15, 0.2) is 68.7 Å². The first-order chi connectivity index (χ1) is 14.6. The van der Waals surface area contributed by atoms with Crippen LogP contribution in [0.2, 0.25) is 0 Å². The minimum Gasteiger partial charge on any atom is -0.339 e. The summed E-state index contributed by atoms with van der Waals surface area (Å²) in [5, 5.41) is 13.9. The van der Waals surface area contributed by atoms with E-state index in [2.05, 4.69) is 77.2 Å². The standard InChI is InChI=1S/C22H22BrN5OS/c1-15(2)21-24-19(27-29-21)14-30-22-26-25-20(17-8-10-18(23)11-9-17)28(22)13-12-16-6-4-3-5-7-16/h3-11,15H,12-14H2,1-2H3. The summed E-state index contributed by atoms with van der Waals surface area (Å²) in [6.45, 7) is 4.86. The first kappa shape index (κ1) is 20.8. The molecule has 2 heterocycles. The summed E-state index contributed by atoms with van der Waals surface area (Å²) < 4.78 is 8.52. The summed E-state index contributed by atoms with van der Waals surface area (Å²) in [6, 6.07) is 18.6. The monoisotopic (exact) mass is 483 g/mol. The Kier molecular flexibility index (Phi) is 6.64. The van der Waals surface area contributed by atoms with E-state index in [0.717, 1.165) is 34.0 Å². The minimum atomic E-state index is 0.217. The lowest BCUT2D eigenvalue weighted by molar-refractivity contribution is 0.362. The van der Waals surface area contributed by atoms with Gasteiger partial charge in [0.05, 0.1) is 5.75 Å². The first-order valence-corrected chi connectivity index (χ1v) is 11.6. The molecule has 30 heavy (non-hydrogen) atoms. The second-order valence-electron chi connectivity index (χ2n) is 7.19. The van der Waals surface area contributed by atoms with Crippen molar-refractivity contribution in [1.82, 2.24) is 24.9 Å². The van der Waals surface area contributed by atoms with Gasteiger partial charge in [0.15, 0.2) is 16.8 Å². The molecule has 0 amide bonds. The van der Waals surface area contributed by atoms with Gasteiger partial charge in [-0.25, -0.2) is 0 Å². The highest BCUT2D eigenvalue weighted by Crippen LogP contribution is 2.27. The Morgan fingerprint density at radius 1 is 1.03 bits per heavy atom. The maximum Gasteiger partial charge on any atom is 0.229 e. The second-order valence-corrected chi connectivity index (χ2v) is 9.05. The lowest BCUT2D eigenvalue weighted by atomic mass is 10.1. The van der Waals surface area contributed by atoms with Crippen LogP contribution in [0.5, 0.6) is 0 Å². The molecule has 4 rings (SSSR count). The molecule has 0 unspecified atom stereocenters. The van der Waals surface area contributed by atoms with Crippen molar-refractivity contribution in [2.24, 2.45) is 0 Å². The van der Waals surface area contributed by atoms with Crippen LogP contribution in [0.25, 0.3) is 11.4 Å². The molecule has 154 valence electrons. The smallest absolute Gasteiger partial charge is 0.229 e. The van der Waals surface area contributed by atoms with Gasteiger partial charge in [-0.05, 0) is 24.1 Å². The van der Waals surface area contributed by atoms with E-state index in [1.165, 1.54) is 5.56 Å². The number of nitrogens with zero attached hydrogens (tertiary/aromatic N) is 5. The molecule has 0 bridgehead atoms. The van der Waals surface area contributed by atoms with Gasteiger partial charge in [0.2, 0.25) is 5.89 Å². The summed E-state index contributed by atoms with van der Waals surface area (Å²) in [4.78, 5) is 4.46. The van der Waals surface area contributed by atoms with Gasteiger partial charge in [-0.15, -0.1) is 10.2 Å². The average molecular weight is 484 g/mol. The number of halogens is 1. The molecular formula is C22H22BrN5OS. The number of hydrogen-bond donors (Lipinski definition) is 0. The Bertz CT molecular complexity index is 1090. The van der Waals surface area contributed by atoms with Crippen LogP contribution in [-0.2, 0) is 18.7 Å². The highest BCUT2D eigenvalue weighted by atomic mass is 79.9. The van der Waals surface area contributed by atoms with Gasteiger partial charge in [-0.3, -0.25) is 0 Å². The molecule has 0 saturated carbocycles. The Hall–Kier alpha value is -2.45. The zero-order valence-electron chi connectivity index (χ0n) is 16.8. The Morgan fingerprint density at radius 2 is 1.80 bits per heavy atom. The van der Waals surface area contributed by atoms with E-state index < -0.39 is 0 Å². The fourth-order valence-electron chi connectivity index (χ4n) is 2.98. The van der Waals surface area contributed by atoms with Crippen LogP contribution in [0.4, 0.5) is 0 Å². The van der Waals surface area contributed by atoms with Crippen molar-refractivity contribution in [3.8, 4) is 11.4 Å². The molecular weight excluding hydrogens is 462 g/mol. The lowest BCUT2D eigenvalue weighted by Gasteiger charge is -2.10. The predicted molar refractivity (Wildman–Crippen MR) is 121 cm³/mol. The topological polar surface area (TPSA) is 69.6 Å². The van der Waals surface area contributed by atoms with Crippen LogP contribution >= 0.6 is 27.7 Å². The van der Waals surface area contributed by atoms with Crippen molar-refractivity contribution in [1.29, 1.82) is 0 Å². The van der Waals surface area contributed by atoms with Crippen molar-refractivity contribution in [2.75, 3.05) is 0 Å². The van der Waals surface area contributed by atoms with Crippen molar-refractivity contribution >= 4 is 27.7 Å². The molecule has 0 radical (unpaired) electrons. The van der Waals surface area contributed by atoms with E-state index >= 15 is 0 Å². The Balaban J connectivity index is 1.57. The summed E-state index contributed by atoms with van der Waals surface area (Å²) >= 11 is 5.07. The molecule has 0 saturated heterocycles. The molecule has 0 aliphatic rings. The fraction of sp³-hybridized carbons (Fsp3) is 0.273. The quantitative estimate of drug-likeness (QED) is 0.297. The van der Waals surface area contributed by atoms with Gasteiger partial charge in [-0.2, -0.15) is 4.98 Å². The third-order valence-corrected chi connectivity index (χ3v) is 6.09. The largest absolute Gasteiger partial charge is 0.339 e. The number of hydrogen-bond acceptors (Lipinski definition) is 6. The van der Waals surface area contributed by atoms with Gasteiger partial charge < -0.3 is 9.09 Å².